The summed E-state index contributed by atoms with van der Waals surface area (Å²) in [5.74, 6) is -0.328. The molecule has 44 heavy (non-hydrogen) atoms. The van der Waals surface area contributed by atoms with E-state index in [9.17, 15) is 14.4 Å². The molecule has 6 rings (SSSR count). The fourth-order valence-electron chi connectivity index (χ4n) is 5.52. The lowest BCUT2D eigenvalue weighted by Crippen LogP contribution is -2.39. The first-order chi connectivity index (χ1) is 21.4. The largest absolute Gasteiger partial charge is 0.492 e. The Morgan fingerprint density at radius 3 is 2.73 bits per heavy atom. The van der Waals surface area contributed by atoms with E-state index in [2.05, 4.69) is 20.6 Å². The smallest absolute Gasteiger partial charge is 0.293 e. The highest BCUT2D eigenvalue weighted by Gasteiger charge is 2.40. The number of nitrogens with zero attached hydrogens (tertiary/aromatic N) is 6. The molecule has 230 valence electrons. The highest BCUT2D eigenvalue weighted by molar-refractivity contribution is 6.02. The van der Waals surface area contributed by atoms with Crippen molar-refractivity contribution in [2.24, 2.45) is 5.92 Å². The van der Waals surface area contributed by atoms with Crippen LogP contribution in [0.4, 0.5) is 0 Å². The molecule has 2 aliphatic rings. The first-order valence-corrected chi connectivity index (χ1v) is 14.2. The van der Waals surface area contributed by atoms with Crippen molar-refractivity contribution < 1.29 is 33.5 Å². The van der Waals surface area contributed by atoms with Gasteiger partial charge in [-0.25, -0.2) is 4.98 Å². The molecule has 14 nitrogen and oxygen atoms in total. The van der Waals surface area contributed by atoms with Crippen LogP contribution in [0.1, 0.15) is 34.2 Å². The van der Waals surface area contributed by atoms with Crippen LogP contribution in [0.5, 0.6) is 5.75 Å². The number of likely N-dealkylation sites (tertiary alicyclic amines) is 1. The maximum atomic E-state index is 13.4. The molecule has 2 N–H and O–H groups in total. The minimum Gasteiger partial charge on any atom is -0.492 e. The number of hydrogen-bond donors (Lipinski definition) is 2. The molecule has 1 aromatic carbocycles. The van der Waals surface area contributed by atoms with E-state index in [-0.39, 0.29) is 49.0 Å². The SMILES string of the molecule is Cc1ccn(CC(=O)N2C[C@@H]3C(=O)NCCCN(C(=O)c4onc5ncccc45)CCOc4cccc(c4)[C@H]3C2)n1.O=CO. The molecule has 2 aliphatic heterocycles. The average Bonchev–Trinajstić information content (AvgIpc) is 3.76. The highest BCUT2D eigenvalue weighted by Crippen LogP contribution is 2.35. The van der Waals surface area contributed by atoms with Crippen molar-refractivity contribution in [3.8, 4) is 5.75 Å². The third-order valence-electron chi connectivity index (χ3n) is 7.64. The van der Waals surface area contributed by atoms with E-state index in [0.717, 1.165) is 11.3 Å². The molecule has 1 saturated heterocycles. The van der Waals surface area contributed by atoms with Gasteiger partial charge in [-0.15, -0.1) is 0 Å². The van der Waals surface area contributed by atoms with E-state index in [0.29, 0.717) is 55.9 Å². The summed E-state index contributed by atoms with van der Waals surface area (Å²) in [7, 11) is 0. The molecule has 0 saturated carbocycles. The molecule has 0 unspecified atom stereocenters. The summed E-state index contributed by atoms with van der Waals surface area (Å²) in [4.78, 5) is 55.9. The molecule has 14 heteroatoms. The molecule has 3 aromatic heterocycles. The van der Waals surface area contributed by atoms with Crippen molar-refractivity contribution in [3.05, 3.63) is 71.9 Å². The van der Waals surface area contributed by atoms with E-state index in [1.54, 1.807) is 39.0 Å². The Morgan fingerprint density at radius 2 is 1.93 bits per heavy atom. The van der Waals surface area contributed by atoms with E-state index >= 15 is 0 Å². The van der Waals surface area contributed by atoms with E-state index in [4.69, 9.17) is 19.2 Å². The molecule has 2 bridgehead atoms. The summed E-state index contributed by atoms with van der Waals surface area (Å²) in [5.41, 5.74) is 2.14. The summed E-state index contributed by atoms with van der Waals surface area (Å²) < 4.78 is 13.0. The zero-order valence-electron chi connectivity index (χ0n) is 24.2. The van der Waals surface area contributed by atoms with Gasteiger partial charge in [0.15, 0.2) is 0 Å². The molecular weight excluding hydrogens is 570 g/mol. The zero-order valence-corrected chi connectivity index (χ0v) is 24.2. The number of carbonyl (C=O) groups is 4. The van der Waals surface area contributed by atoms with Crippen molar-refractivity contribution in [1.82, 2.24) is 35.0 Å². The van der Waals surface area contributed by atoms with Gasteiger partial charge in [-0.05, 0) is 49.2 Å². The van der Waals surface area contributed by atoms with E-state index in [1.807, 2.05) is 37.3 Å². The Bertz CT molecular complexity index is 1630. The molecule has 3 amide bonds. The Labute approximate surface area is 252 Å². The first-order valence-electron chi connectivity index (χ1n) is 14.2. The van der Waals surface area contributed by atoms with Gasteiger partial charge in [0.2, 0.25) is 23.2 Å². The number of aromatic nitrogens is 4. The van der Waals surface area contributed by atoms with E-state index < -0.39 is 5.92 Å². The highest BCUT2D eigenvalue weighted by atomic mass is 16.5. The maximum absolute atomic E-state index is 13.4. The van der Waals surface area contributed by atoms with Gasteiger partial charge in [0.25, 0.3) is 12.4 Å². The second kappa shape index (κ2) is 13.8. The molecule has 1 fully saturated rings. The first kappa shape index (κ1) is 30.2. The van der Waals surface area contributed by atoms with Crippen LogP contribution in [-0.4, -0.2) is 98.4 Å². The molecule has 0 radical (unpaired) electrons. The number of aryl methyl sites for hydroxylation is 1. The van der Waals surface area contributed by atoms with Crippen molar-refractivity contribution >= 4 is 35.2 Å². The van der Waals surface area contributed by atoms with Gasteiger partial charge in [0, 0.05) is 44.5 Å². The van der Waals surface area contributed by atoms with E-state index in [1.165, 1.54) is 0 Å². The van der Waals surface area contributed by atoms with Gasteiger partial charge in [0.1, 0.15) is 18.9 Å². The average molecular weight is 604 g/mol. The molecule has 2 atom stereocenters. The quantitative estimate of drug-likeness (QED) is 0.328. The van der Waals surface area contributed by atoms with Crippen LogP contribution in [0.25, 0.3) is 11.0 Å². The summed E-state index contributed by atoms with van der Waals surface area (Å²) >= 11 is 0. The monoisotopic (exact) mass is 603 g/mol. The Morgan fingerprint density at radius 1 is 1.11 bits per heavy atom. The van der Waals surface area contributed by atoms with Gasteiger partial charge >= 0.3 is 0 Å². The van der Waals surface area contributed by atoms with Gasteiger partial charge < -0.3 is 29.5 Å². The van der Waals surface area contributed by atoms with Crippen molar-refractivity contribution in [3.63, 3.8) is 0 Å². The number of amides is 3. The Hall–Kier alpha value is -5.27. The molecule has 0 spiro atoms. The van der Waals surface area contributed by atoms with Crippen LogP contribution < -0.4 is 10.1 Å². The Kier molecular flexibility index (Phi) is 9.47. The number of ether oxygens (including phenoxy) is 1. The Balaban J connectivity index is 0.00000123. The van der Waals surface area contributed by atoms with Crippen molar-refractivity contribution in [2.75, 3.05) is 39.3 Å². The van der Waals surface area contributed by atoms with Crippen LogP contribution >= 0.6 is 0 Å². The fraction of sp³-hybridized carbons (Fsp3) is 0.367. The molecule has 5 heterocycles. The minimum atomic E-state index is -0.415. The summed E-state index contributed by atoms with van der Waals surface area (Å²) in [5, 5.41) is 18.7. The van der Waals surface area contributed by atoms with Crippen molar-refractivity contribution in [1.29, 1.82) is 0 Å². The maximum Gasteiger partial charge on any atom is 0.293 e. The third-order valence-corrected chi connectivity index (χ3v) is 7.64. The second-order valence-corrected chi connectivity index (χ2v) is 10.5. The summed E-state index contributed by atoms with van der Waals surface area (Å²) in [6, 6.07) is 13.0. The number of benzene rings is 1. The molecular formula is C30H33N7O7. The standard InChI is InChI=1S/C29H31N7O5.CH2O2/c1-19-8-12-36(32-19)18-25(37)35-16-23-20-5-2-6-21(15-20)40-14-13-34(11-4-10-31-28(38)24(23)17-35)29(39)26-22-7-3-9-30-27(22)33-41-26;2-1-3/h2-3,5-9,12,15,23-24H,4,10-11,13-14,16-18H2,1H3,(H,31,38);1H,(H,2,3)/t23-,24+;/m1./s1. The van der Waals surface area contributed by atoms with Crippen LogP contribution in [0, 0.1) is 12.8 Å². The van der Waals surface area contributed by atoms with Crippen molar-refractivity contribution in [2.45, 2.75) is 25.8 Å². The van der Waals surface area contributed by atoms with Crippen LogP contribution in [0.2, 0.25) is 0 Å². The van der Waals surface area contributed by atoms with Gasteiger partial charge in [-0.1, -0.05) is 17.3 Å². The lowest BCUT2D eigenvalue weighted by atomic mass is 9.88. The minimum absolute atomic E-state index is 0.0805. The summed E-state index contributed by atoms with van der Waals surface area (Å²) in [6.07, 6.45) is 3.91. The van der Waals surface area contributed by atoms with Crippen LogP contribution in [-0.2, 0) is 20.9 Å². The van der Waals surface area contributed by atoms with Gasteiger partial charge in [-0.3, -0.25) is 23.9 Å². The predicted molar refractivity (Wildman–Crippen MR) is 156 cm³/mol. The number of pyridine rings is 1. The zero-order chi connectivity index (χ0) is 31.1. The number of carboxylic acid groups (broad SMARTS) is 1. The summed E-state index contributed by atoms with van der Waals surface area (Å²) in [6.45, 7) is 3.86. The van der Waals surface area contributed by atoms with Gasteiger partial charge in [0.05, 0.1) is 23.5 Å². The lowest BCUT2D eigenvalue weighted by Gasteiger charge is -2.24. The normalized spacial score (nSPS) is 18.7. The number of carbonyl (C=O) groups excluding carboxylic acids is 3. The third kappa shape index (κ3) is 6.85. The van der Waals surface area contributed by atoms with Crippen LogP contribution in [0.3, 0.4) is 0 Å². The topological polar surface area (TPSA) is 173 Å². The number of rotatable bonds is 3. The second-order valence-electron chi connectivity index (χ2n) is 10.5. The number of hydrogen-bond acceptors (Lipinski definition) is 9. The van der Waals surface area contributed by atoms with Gasteiger partial charge in [-0.2, -0.15) is 5.10 Å². The molecule has 4 aromatic rings. The number of fused-ring (bicyclic) bond motifs is 5. The number of nitrogens with one attached hydrogen (secondary N) is 1. The predicted octanol–water partition coefficient (Wildman–Crippen LogP) is 1.71. The fourth-order valence-corrected chi connectivity index (χ4v) is 5.52. The van der Waals surface area contributed by atoms with Crippen LogP contribution in [0.15, 0.2) is 59.4 Å². The molecule has 0 aliphatic carbocycles. The lowest BCUT2D eigenvalue weighted by molar-refractivity contribution is -0.131.